The smallest absolute Gasteiger partial charge is 0.0679 e. The number of hydrogen-bond donors (Lipinski definition) is 0. The maximum Gasteiger partial charge on any atom is 0.0679 e. The van der Waals surface area contributed by atoms with Crippen LogP contribution >= 0.6 is 18.6 Å². The lowest BCUT2D eigenvalue weighted by Gasteiger charge is -2.39. The standard InChI is InChI=1S/C8H22ClPSi2/c1-11(2,3)10(8-7-9)12(4,5)6/h7-8H2,1-6H3. The SMILES string of the molecule is C[Si](C)(C)P(CCCl)[Si](C)(C)C. The minimum atomic E-state index is -0.901. The van der Waals surface area contributed by atoms with E-state index < -0.39 is 15.5 Å². The van der Waals surface area contributed by atoms with Crippen molar-refractivity contribution in [2.45, 2.75) is 39.3 Å². The van der Waals surface area contributed by atoms with Gasteiger partial charge in [0.15, 0.2) is 0 Å². The molecule has 0 fully saturated rings. The first-order chi connectivity index (χ1) is 5.19. The highest BCUT2D eigenvalue weighted by Crippen LogP contribution is 2.54. The number of alkyl halides is 1. The van der Waals surface area contributed by atoms with E-state index in [1.807, 2.05) is 0 Å². The lowest BCUT2D eigenvalue weighted by atomic mass is 11.0. The molecule has 0 aromatic heterocycles. The molecule has 4 heteroatoms. The normalized spacial score (nSPS) is 14.0. The number of halogens is 1. The van der Waals surface area contributed by atoms with Crippen LogP contribution in [0.15, 0.2) is 0 Å². The van der Waals surface area contributed by atoms with Crippen molar-refractivity contribution in [3.8, 4) is 0 Å². The number of rotatable bonds is 4. The van der Waals surface area contributed by atoms with Gasteiger partial charge in [0.1, 0.15) is 0 Å². The molecule has 74 valence electrons. The lowest BCUT2D eigenvalue weighted by Crippen LogP contribution is -2.34. The Bertz CT molecular complexity index is 123. The van der Waals surface area contributed by atoms with E-state index in [0.717, 1.165) is 5.88 Å². The summed E-state index contributed by atoms with van der Waals surface area (Å²) in [6.45, 7) is 15.0. The van der Waals surface area contributed by atoms with Crippen molar-refractivity contribution < 1.29 is 0 Å². The first kappa shape index (κ1) is 13.2. The van der Waals surface area contributed by atoms with Crippen LogP contribution in [0.25, 0.3) is 0 Å². The van der Waals surface area contributed by atoms with E-state index in [9.17, 15) is 0 Å². The van der Waals surface area contributed by atoms with E-state index in [0.29, 0.717) is 7.02 Å². The second kappa shape index (κ2) is 4.59. The molecular weight excluding hydrogens is 219 g/mol. The zero-order valence-electron chi connectivity index (χ0n) is 9.24. The molecule has 0 spiro atoms. The van der Waals surface area contributed by atoms with Gasteiger partial charge in [-0.2, -0.15) is 0 Å². The first-order valence-corrected chi connectivity index (χ1v) is 15.3. The Kier molecular flexibility index (Phi) is 5.03. The zero-order chi connectivity index (χ0) is 9.99. The van der Waals surface area contributed by atoms with Crippen molar-refractivity contribution in [3.05, 3.63) is 0 Å². The minimum absolute atomic E-state index is 0.303. The third-order valence-electron chi connectivity index (χ3n) is 1.93. The Morgan fingerprint density at radius 2 is 1.25 bits per heavy atom. The van der Waals surface area contributed by atoms with Gasteiger partial charge in [-0.05, 0) is 6.16 Å². The van der Waals surface area contributed by atoms with E-state index in [2.05, 4.69) is 39.3 Å². The largest absolute Gasteiger partial charge is 0.129 e. The molecule has 0 N–H and O–H groups in total. The molecule has 0 heterocycles. The minimum Gasteiger partial charge on any atom is -0.129 e. The summed E-state index contributed by atoms with van der Waals surface area (Å²) in [4.78, 5) is 0. The summed E-state index contributed by atoms with van der Waals surface area (Å²) < 4.78 is 0. The van der Waals surface area contributed by atoms with Gasteiger partial charge in [-0.25, -0.2) is 0 Å². The molecule has 12 heavy (non-hydrogen) atoms. The van der Waals surface area contributed by atoms with Crippen LogP contribution in [0, 0.1) is 0 Å². The van der Waals surface area contributed by atoms with E-state index >= 15 is 0 Å². The fraction of sp³-hybridized carbons (Fsp3) is 1.00. The van der Waals surface area contributed by atoms with E-state index in [1.165, 1.54) is 6.16 Å². The molecule has 0 unspecified atom stereocenters. The monoisotopic (exact) mass is 240 g/mol. The van der Waals surface area contributed by atoms with Gasteiger partial charge in [-0.1, -0.05) is 39.3 Å². The van der Waals surface area contributed by atoms with E-state index in [-0.39, 0.29) is 0 Å². The zero-order valence-corrected chi connectivity index (χ0v) is 12.9. The Morgan fingerprint density at radius 3 is 1.33 bits per heavy atom. The second-order valence-corrected chi connectivity index (χ2v) is 28.2. The summed E-state index contributed by atoms with van der Waals surface area (Å²) in [5, 5.41) is 0. The molecule has 0 atom stereocenters. The lowest BCUT2D eigenvalue weighted by molar-refractivity contribution is 1.52. The third kappa shape index (κ3) is 4.41. The number of hydrogen-bond acceptors (Lipinski definition) is 0. The van der Waals surface area contributed by atoms with Crippen molar-refractivity contribution in [1.29, 1.82) is 0 Å². The topological polar surface area (TPSA) is 0 Å². The predicted molar refractivity (Wildman–Crippen MR) is 69.2 cm³/mol. The highest BCUT2D eigenvalue weighted by molar-refractivity contribution is 8.18. The molecule has 0 aliphatic heterocycles. The summed E-state index contributed by atoms with van der Waals surface area (Å²) >= 11 is 5.87. The Balaban J connectivity index is 4.45. The van der Waals surface area contributed by atoms with Crippen molar-refractivity contribution in [3.63, 3.8) is 0 Å². The summed E-state index contributed by atoms with van der Waals surface area (Å²) in [6.07, 6.45) is 1.31. The summed E-state index contributed by atoms with van der Waals surface area (Å²) in [7, 11) is -1.50. The van der Waals surface area contributed by atoms with Crippen LogP contribution in [-0.4, -0.2) is 27.5 Å². The third-order valence-corrected chi connectivity index (χ3v) is 29.4. The highest BCUT2D eigenvalue weighted by atomic mass is 35.5. The van der Waals surface area contributed by atoms with Crippen LogP contribution in [0.1, 0.15) is 0 Å². The maximum absolute atomic E-state index is 5.87. The van der Waals surface area contributed by atoms with Crippen LogP contribution in [0.4, 0.5) is 0 Å². The van der Waals surface area contributed by atoms with Crippen molar-refractivity contribution >= 4 is 34.1 Å². The molecule has 0 aliphatic rings. The van der Waals surface area contributed by atoms with Crippen LogP contribution in [-0.2, 0) is 0 Å². The fourth-order valence-corrected chi connectivity index (χ4v) is 35.5. The average Bonchev–Trinajstić information content (AvgIpc) is 1.77. The average molecular weight is 241 g/mol. The van der Waals surface area contributed by atoms with Gasteiger partial charge >= 0.3 is 0 Å². The van der Waals surface area contributed by atoms with E-state index in [1.54, 1.807) is 0 Å². The fourth-order valence-electron chi connectivity index (χ4n) is 1.76. The van der Waals surface area contributed by atoms with Gasteiger partial charge in [0.25, 0.3) is 0 Å². The van der Waals surface area contributed by atoms with Crippen LogP contribution in [0.5, 0.6) is 0 Å². The summed E-state index contributed by atoms with van der Waals surface area (Å²) in [5.74, 6) is 0.875. The predicted octanol–water partition coefficient (Wildman–Crippen LogP) is 4.38. The van der Waals surface area contributed by atoms with Gasteiger partial charge < -0.3 is 0 Å². The molecule has 0 radical (unpaired) electrons. The van der Waals surface area contributed by atoms with Gasteiger partial charge in [0, 0.05) is 5.88 Å². The van der Waals surface area contributed by atoms with E-state index in [4.69, 9.17) is 11.6 Å². The summed E-state index contributed by atoms with van der Waals surface area (Å²) in [5.41, 5.74) is 0. The molecule has 0 saturated heterocycles. The van der Waals surface area contributed by atoms with Gasteiger partial charge in [0.2, 0.25) is 0 Å². The summed E-state index contributed by atoms with van der Waals surface area (Å²) in [6, 6.07) is 0. The van der Waals surface area contributed by atoms with Crippen LogP contribution < -0.4 is 0 Å². The van der Waals surface area contributed by atoms with Crippen LogP contribution in [0.2, 0.25) is 39.3 Å². The van der Waals surface area contributed by atoms with Crippen LogP contribution in [0.3, 0.4) is 0 Å². The Labute approximate surface area is 85.6 Å². The van der Waals surface area contributed by atoms with Crippen molar-refractivity contribution in [2.75, 3.05) is 12.0 Å². The Hall–Kier alpha value is 1.15. The molecule has 0 amide bonds. The van der Waals surface area contributed by atoms with Gasteiger partial charge in [-0.3, -0.25) is 0 Å². The van der Waals surface area contributed by atoms with Crippen molar-refractivity contribution in [1.82, 2.24) is 0 Å². The molecular formula is C8H22ClPSi2. The molecule has 0 saturated carbocycles. The molecule has 0 aromatic rings. The first-order valence-electron chi connectivity index (χ1n) is 4.53. The second-order valence-electron chi connectivity index (χ2n) is 5.18. The molecule has 0 bridgehead atoms. The quantitative estimate of drug-likeness (QED) is 0.389. The van der Waals surface area contributed by atoms with Gasteiger partial charge in [-0.15, -0.1) is 18.6 Å². The molecule has 0 aliphatic carbocycles. The maximum atomic E-state index is 5.87. The Morgan fingerprint density at radius 1 is 0.917 bits per heavy atom. The molecule has 0 rings (SSSR count). The highest BCUT2D eigenvalue weighted by Gasteiger charge is 2.35. The molecule has 0 nitrogen and oxygen atoms in total. The molecule has 0 aromatic carbocycles. The van der Waals surface area contributed by atoms with Gasteiger partial charge in [0.05, 0.1) is 15.5 Å². The van der Waals surface area contributed by atoms with Crippen molar-refractivity contribution in [2.24, 2.45) is 0 Å².